The summed E-state index contributed by atoms with van der Waals surface area (Å²) in [5, 5.41) is 4.30. The topological polar surface area (TPSA) is 71.3 Å². The van der Waals surface area contributed by atoms with Crippen LogP contribution in [0.1, 0.15) is 40.9 Å². The molecule has 1 saturated heterocycles. The van der Waals surface area contributed by atoms with E-state index >= 15 is 0 Å². The van der Waals surface area contributed by atoms with Crippen molar-refractivity contribution in [3.05, 3.63) is 52.5 Å². The van der Waals surface area contributed by atoms with Crippen molar-refractivity contribution in [2.75, 3.05) is 18.0 Å². The molecule has 1 N–H and O–H groups in total. The van der Waals surface area contributed by atoms with Crippen molar-refractivity contribution >= 4 is 34.4 Å². The summed E-state index contributed by atoms with van der Waals surface area (Å²) < 4.78 is 5.76. The van der Waals surface area contributed by atoms with Crippen LogP contribution in [-0.4, -0.2) is 29.0 Å². The lowest BCUT2D eigenvalue weighted by molar-refractivity contribution is 0.0951. The smallest absolute Gasteiger partial charge is 0.255 e. The van der Waals surface area contributed by atoms with Gasteiger partial charge < -0.3 is 14.6 Å². The summed E-state index contributed by atoms with van der Waals surface area (Å²) in [4.78, 5) is 23.9. The number of nitrogens with zero attached hydrogens (tertiary/aromatic N) is 3. The van der Waals surface area contributed by atoms with Crippen LogP contribution in [0.2, 0.25) is 5.02 Å². The number of anilines is 1. The van der Waals surface area contributed by atoms with Crippen LogP contribution in [0.25, 0.3) is 11.1 Å². The number of piperidine rings is 1. The van der Waals surface area contributed by atoms with E-state index in [0.717, 1.165) is 37.3 Å². The van der Waals surface area contributed by atoms with Crippen LogP contribution in [0.5, 0.6) is 0 Å². The molecule has 7 heteroatoms. The summed E-state index contributed by atoms with van der Waals surface area (Å²) in [5.41, 5.74) is 1.90. The maximum atomic E-state index is 13.0. The number of halogens is 1. The number of carbonyl (C=O) groups is 1. The largest absolute Gasteiger partial charge is 0.442 e. The van der Waals surface area contributed by atoms with E-state index in [1.807, 2.05) is 24.3 Å². The van der Waals surface area contributed by atoms with E-state index in [-0.39, 0.29) is 5.91 Å². The highest BCUT2D eigenvalue weighted by atomic mass is 35.5. The third-order valence-corrected chi connectivity index (χ3v) is 5.10. The summed E-state index contributed by atoms with van der Waals surface area (Å²) >= 11 is 6.02. The number of carbonyl (C=O) groups excluding carboxylic acids is 1. The Bertz CT molecular complexity index is 979. The number of hydrogen-bond donors (Lipinski definition) is 1. The van der Waals surface area contributed by atoms with E-state index in [2.05, 4.69) is 20.2 Å². The molecular weight excluding hydrogens is 364 g/mol. The predicted molar refractivity (Wildman–Crippen MR) is 105 cm³/mol. The molecule has 1 aliphatic heterocycles. The number of hydrogen-bond acceptors (Lipinski definition) is 5. The molecule has 1 fully saturated rings. The molecule has 1 amide bonds. The van der Waals surface area contributed by atoms with Crippen LogP contribution in [0.3, 0.4) is 0 Å². The molecule has 0 spiro atoms. The Morgan fingerprint density at radius 1 is 1.26 bits per heavy atom. The summed E-state index contributed by atoms with van der Waals surface area (Å²) in [6, 6.07) is 7.44. The van der Waals surface area contributed by atoms with Crippen LogP contribution in [0.15, 0.2) is 35.0 Å². The second-order valence-corrected chi connectivity index (χ2v) is 7.21. The molecule has 140 valence electrons. The first kappa shape index (κ1) is 17.8. The Morgan fingerprint density at radius 2 is 2.07 bits per heavy atom. The summed E-state index contributed by atoms with van der Waals surface area (Å²) in [7, 11) is 0. The van der Waals surface area contributed by atoms with Crippen LogP contribution in [0, 0.1) is 6.92 Å². The molecule has 2 aromatic heterocycles. The zero-order valence-electron chi connectivity index (χ0n) is 15.2. The Balaban J connectivity index is 1.66. The Labute approximate surface area is 162 Å². The number of furan rings is 1. The van der Waals surface area contributed by atoms with Gasteiger partial charge in [-0.3, -0.25) is 4.79 Å². The molecule has 0 atom stereocenters. The van der Waals surface area contributed by atoms with Gasteiger partial charge in [-0.1, -0.05) is 23.7 Å². The first-order valence-corrected chi connectivity index (χ1v) is 9.53. The number of fused-ring (bicyclic) bond motifs is 1. The average molecular weight is 385 g/mol. The lowest BCUT2D eigenvalue weighted by atomic mass is 10.1. The maximum absolute atomic E-state index is 13.0. The minimum absolute atomic E-state index is 0.195. The van der Waals surface area contributed by atoms with Crippen LogP contribution < -0.4 is 10.2 Å². The number of benzene rings is 1. The molecule has 4 rings (SSSR count). The molecule has 6 nitrogen and oxygen atoms in total. The van der Waals surface area contributed by atoms with E-state index in [0.29, 0.717) is 34.0 Å². The van der Waals surface area contributed by atoms with Gasteiger partial charge in [-0.25, -0.2) is 9.97 Å². The monoisotopic (exact) mass is 384 g/mol. The fourth-order valence-electron chi connectivity index (χ4n) is 3.57. The standard InChI is InChI=1S/C20H21ClN4O2/c1-13-16(19(26)22-11-14-6-5-7-15(21)10-14)17-18(23-12-24-20(17)27-13)25-8-3-2-4-9-25/h5-7,10,12H,2-4,8-9,11H2,1H3,(H,22,26). The quantitative estimate of drug-likeness (QED) is 0.733. The van der Waals surface area contributed by atoms with E-state index in [1.54, 1.807) is 6.92 Å². The molecule has 0 bridgehead atoms. The molecule has 1 aromatic carbocycles. The molecule has 27 heavy (non-hydrogen) atoms. The van der Waals surface area contributed by atoms with Gasteiger partial charge in [0.1, 0.15) is 17.9 Å². The van der Waals surface area contributed by atoms with Gasteiger partial charge in [0.05, 0.1) is 10.9 Å². The van der Waals surface area contributed by atoms with Crippen LogP contribution >= 0.6 is 11.6 Å². The molecule has 0 radical (unpaired) electrons. The first-order chi connectivity index (χ1) is 13.1. The number of aryl methyl sites for hydroxylation is 1. The predicted octanol–water partition coefficient (Wildman–Crippen LogP) is 4.10. The summed E-state index contributed by atoms with van der Waals surface area (Å²) in [6.07, 6.45) is 4.97. The van der Waals surface area contributed by atoms with Crippen LogP contribution in [-0.2, 0) is 6.54 Å². The van der Waals surface area contributed by atoms with E-state index in [9.17, 15) is 4.79 Å². The summed E-state index contributed by atoms with van der Waals surface area (Å²) in [6.45, 7) is 4.04. The van der Waals surface area contributed by atoms with Crippen molar-refractivity contribution in [3.8, 4) is 0 Å². The molecule has 0 aliphatic carbocycles. The molecule has 3 heterocycles. The first-order valence-electron chi connectivity index (χ1n) is 9.15. The normalized spacial score (nSPS) is 14.5. The van der Waals surface area contributed by atoms with Crippen molar-refractivity contribution in [2.45, 2.75) is 32.7 Å². The van der Waals surface area contributed by atoms with Gasteiger partial charge in [-0.15, -0.1) is 0 Å². The molecular formula is C20H21ClN4O2. The van der Waals surface area contributed by atoms with E-state index in [4.69, 9.17) is 16.0 Å². The highest BCUT2D eigenvalue weighted by Crippen LogP contribution is 2.32. The second kappa shape index (κ2) is 7.56. The summed E-state index contributed by atoms with van der Waals surface area (Å²) in [5.74, 6) is 1.14. The van der Waals surface area contributed by atoms with E-state index in [1.165, 1.54) is 12.7 Å². The van der Waals surface area contributed by atoms with Gasteiger partial charge in [-0.2, -0.15) is 0 Å². The third-order valence-electron chi connectivity index (χ3n) is 4.87. The number of amides is 1. The molecule has 0 unspecified atom stereocenters. The zero-order valence-corrected chi connectivity index (χ0v) is 15.9. The minimum Gasteiger partial charge on any atom is -0.442 e. The third kappa shape index (κ3) is 3.62. The van der Waals surface area contributed by atoms with Crippen molar-refractivity contribution in [2.24, 2.45) is 0 Å². The molecule has 1 aliphatic rings. The highest BCUT2D eigenvalue weighted by Gasteiger charge is 2.25. The van der Waals surface area contributed by atoms with Gasteiger partial charge in [0.2, 0.25) is 5.71 Å². The fourth-order valence-corrected chi connectivity index (χ4v) is 3.78. The van der Waals surface area contributed by atoms with Gasteiger partial charge in [0.15, 0.2) is 0 Å². The van der Waals surface area contributed by atoms with Crippen molar-refractivity contribution in [1.82, 2.24) is 15.3 Å². The second-order valence-electron chi connectivity index (χ2n) is 6.77. The van der Waals surface area contributed by atoms with E-state index < -0.39 is 0 Å². The Hall–Kier alpha value is -2.60. The van der Waals surface area contributed by atoms with Gasteiger partial charge in [0, 0.05) is 24.7 Å². The van der Waals surface area contributed by atoms with Crippen molar-refractivity contribution in [1.29, 1.82) is 0 Å². The average Bonchev–Trinajstić information content (AvgIpc) is 3.03. The number of aromatic nitrogens is 2. The minimum atomic E-state index is -0.195. The van der Waals surface area contributed by atoms with Crippen molar-refractivity contribution in [3.63, 3.8) is 0 Å². The Morgan fingerprint density at radius 3 is 2.85 bits per heavy atom. The Kier molecular flexibility index (Phi) is 4.99. The number of rotatable bonds is 4. The lowest BCUT2D eigenvalue weighted by Crippen LogP contribution is -2.31. The van der Waals surface area contributed by atoms with Gasteiger partial charge >= 0.3 is 0 Å². The number of nitrogens with one attached hydrogen (secondary N) is 1. The highest BCUT2D eigenvalue weighted by molar-refractivity contribution is 6.30. The molecule has 0 saturated carbocycles. The van der Waals surface area contributed by atoms with Crippen molar-refractivity contribution < 1.29 is 9.21 Å². The SMILES string of the molecule is Cc1oc2ncnc(N3CCCCC3)c2c1C(=O)NCc1cccc(Cl)c1. The lowest BCUT2D eigenvalue weighted by Gasteiger charge is -2.28. The molecule has 3 aromatic rings. The zero-order chi connectivity index (χ0) is 18.8. The van der Waals surface area contributed by atoms with Gasteiger partial charge in [-0.05, 0) is 43.9 Å². The van der Waals surface area contributed by atoms with Crippen LogP contribution in [0.4, 0.5) is 5.82 Å². The maximum Gasteiger partial charge on any atom is 0.255 e. The fraction of sp³-hybridized carbons (Fsp3) is 0.350. The van der Waals surface area contributed by atoms with Gasteiger partial charge in [0.25, 0.3) is 5.91 Å².